The summed E-state index contributed by atoms with van der Waals surface area (Å²) in [6.45, 7) is 7.64. The van der Waals surface area contributed by atoms with E-state index in [0.29, 0.717) is 19.1 Å². The fourth-order valence-corrected chi connectivity index (χ4v) is 0.726. The van der Waals surface area contributed by atoms with Gasteiger partial charge in [0.25, 0.3) is 0 Å². The van der Waals surface area contributed by atoms with E-state index in [9.17, 15) is 4.79 Å². The predicted molar refractivity (Wildman–Crippen MR) is 52.3 cm³/mol. The fourth-order valence-electron chi connectivity index (χ4n) is 0.726. The van der Waals surface area contributed by atoms with Gasteiger partial charge in [0.05, 0.1) is 12.6 Å². The maximum atomic E-state index is 10.9. The Bertz CT molecular complexity index is 147. The van der Waals surface area contributed by atoms with Gasteiger partial charge in [0.2, 0.25) is 5.91 Å². The van der Waals surface area contributed by atoms with Crippen molar-refractivity contribution in [1.29, 1.82) is 0 Å². The zero-order valence-electron chi connectivity index (χ0n) is 8.67. The number of ether oxygens (including phenoxy) is 1. The molecule has 0 aromatic rings. The number of hydrogen-bond acceptors (Lipinski definition) is 3. The number of hydrogen-bond donors (Lipinski definition) is 2. The van der Waals surface area contributed by atoms with Crippen molar-refractivity contribution < 1.29 is 9.53 Å². The van der Waals surface area contributed by atoms with Gasteiger partial charge in [0, 0.05) is 13.2 Å². The molecular weight excluding hydrogens is 168 g/mol. The molecular formula is C9H20N2O2. The third kappa shape index (κ3) is 7.74. The van der Waals surface area contributed by atoms with Crippen LogP contribution < -0.4 is 11.1 Å². The molecule has 0 aromatic heterocycles. The van der Waals surface area contributed by atoms with Crippen molar-refractivity contribution in [3.8, 4) is 0 Å². The fraction of sp³-hybridized carbons (Fsp3) is 0.889. The summed E-state index contributed by atoms with van der Waals surface area (Å²) in [5.74, 6) is 0.400. The molecule has 1 atom stereocenters. The van der Waals surface area contributed by atoms with Crippen LogP contribution in [-0.4, -0.2) is 31.7 Å². The van der Waals surface area contributed by atoms with Crippen molar-refractivity contribution in [3.05, 3.63) is 0 Å². The molecule has 0 fully saturated rings. The highest BCUT2D eigenvalue weighted by Gasteiger charge is 2.04. The van der Waals surface area contributed by atoms with Crippen LogP contribution in [-0.2, 0) is 9.53 Å². The van der Waals surface area contributed by atoms with Crippen LogP contribution in [0.2, 0.25) is 0 Å². The highest BCUT2D eigenvalue weighted by Crippen LogP contribution is 1.90. The van der Waals surface area contributed by atoms with Gasteiger partial charge < -0.3 is 15.8 Å². The third-order valence-corrected chi connectivity index (χ3v) is 1.41. The van der Waals surface area contributed by atoms with E-state index in [-0.39, 0.29) is 5.91 Å². The van der Waals surface area contributed by atoms with Crippen LogP contribution in [0.15, 0.2) is 0 Å². The molecule has 0 bridgehead atoms. The Morgan fingerprint density at radius 2 is 2.08 bits per heavy atom. The number of rotatable bonds is 6. The zero-order chi connectivity index (χ0) is 10.3. The molecule has 13 heavy (non-hydrogen) atoms. The lowest BCUT2D eigenvalue weighted by molar-refractivity contribution is -0.122. The van der Waals surface area contributed by atoms with Crippen LogP contribution in [0.25, 0.3) is 0 Å². The maximum Gasteiger partial charge on any atom is 0.236 e. The van der Waals surface area contributed by atoms with E-state index in [0.717, 1.165) is 6.61 Å². The van der Waals surface area contributed by atoms with Crippen molar-refractivity contribution in [2.24, 2.45) is 11.7 Å². The summed E-state index contributed by atoms with van der Waals surface area (Å²) in [5.41, 5.74) is 5.35. The minimum absolute atomic E-state index is 0.131. The molecule has 0 saturated heterocycles. The summed E-state index contributed by atoms with van der Waals surface area (Å²) < 4.78 is 5.27. The van der Waals surface area contributed by atoms with Crippen molar-refractivity contribution in [1.82, 2.24) is 5.32 Å². The summed E-state index contributed by atoms with van der Waals surface area (Å²) in [6, 6.07) is -0.440. The SMILES string of the molecule is CC(C)COCCNC(=O)[C@@H](C)N. The van der Waals surface area contributed by atoms with Gasteiger partial charge in [-0.2, -0.15) is 0 Å². The number of nitrogens with one attached hydrogen (secondary N) is 1. The van der Waals surface area contributed by atoms with Gasteiger partial charge in [0.15, 0.2) is 0 Å². The summed E-state index contributed by atoms with van der Waals surface area (Å²) in [5, 5.41) is 2.67. The molecule has 0 aliphatic rings. The Morgan fingerprint density at radius 3 is 2.54 bits per heavy atom. The Morgan fingerprint density at radius 1 is 1.46 bits per heavy atom. The second-order valence-corrected chi connectivity index (χ2v) is 3.55. The van der Waals surface area contributed by atoms with Gasteiger partial charge in [-0.1, -0.05) is 13.8 Å². The molecule has 0 unspecified atom stereocenters. The molecule has 0 rings (SSSR count). The summed E-state index contributed by atoms with van der Waals surface area (Å²) in [6.07, 6.45) is 0. The normalized spacial score (nSPS) is 13.0. The molecule has 4 nitrogen and oxygen atoms in total. The topological polar surface area (TPSA) is 64.3 Å². The number of nitrogens with two attached hydrogens (primary N) is 1. The highest BCUT2D eigenvalue weighted by atomic mass is 16.5. The molecule has 1 amide bonds. The predicted octanol–water partition coefficient (Wildman–Crippen LogP) is 0.122. The van der Waals surface area contributed by atoms with E-state index in [1.54, 1.807) is 6.92 Å². The molecule has 0 radical (unpaired) electrons. The first-order valence-electron chi connectivity index (χ1n) is 4.65. The molecule has 78 valence electrons. The van der Waals surface area contributed by atoms with Gasteiger partial charge in [-0.05, 0) is 12.8 Å². The van der Waals surface area contributed by atoms with Crippen LogP contribution in [0.3, 0.4) is 0 Å². The Kier molecular flexibility index (Phi) is 6.54. The first kappa shape index (κ1) is 12.4. The van der Waals surface area contributed by atoms with Crippen molar-refractivity contribution >= 4 is 5.91 Å². The second kappa shape index (κ2) is 6.86. The van der Waals surface area contributed by atoms with Crippen LogP contribution >= 0.6 is 0 Å². The Balaban J connectivity index is 3.21. The molecule has 3 N–H and O–H groups in total. The zero-order valence-corrected chi connectivity index (χ0v) is 8.67. The molecule has 4 heteroatoms. The van der Waals surface area contributed by atoms with Crippen LogP contribution in [0.4, 0.5) is 0 Å². The number of amides is 1. The van der Waals surface area contributed by atoms with Gasteiger partial charge in [-0.15, -0.1) is 0 Å². The first-order valence-corrected chi connectivity index (χ1v) is 4.65. The summed E-state index contributed by atoms with van der Waals surface area (Å²) in [7, 11) is 0. The van der Waals surface area contributed by atoms with Gasteiger partial charge >= 0.3 is 0 Å². The Labute approximate surface area is 79.8 Å². The average molecular weight is 188 g/mol. The number of carbonyl (C=O) groups excluding carboxylic acids is 1. The van der Waals surface area contributed by atoms with Crippen molar-refractivity contribution in [2.75, 3.05) is 19.8 Å². The lowest BCUT2D eigenvalue weighted by Gasteiger charge is -2.09. The third-order valence-electron chi connectivity index (χ3n) is 1.41. The van der Waals surface area contributed by atoms with Crippen molar-refractivity contribution in [2.45, 2.75) is 26.8 Å². The van der Waals surface area contributed by atoms with Crippen LogP contribution in [0.5, 0.6) is 0 Å². The Hall–Kier alpha value is -0.610. The quantitative estimate of drug-likeness (QED) is 0.582. The van der Waals surface area contributed by atoms with E-state index in [1.807, 2.05) is 0 Å². The van der Waals surface area contributed by atoms with Gasteiger partial charge in [-0.25, -0.2) is 0 Å². The lowest BCUT2D eigenvalue weighted by Crippen LogP contribution is -2.39. The largest absolute Gasteiger partial charge is 0.379 e. The minimum Gasteiger partial charge on any atom is -0.379 e. The molecule has 0 spiro atoms. The van der Waals surface area contributed by atoms with E-state index in [4.69, 9.17) is 10.5 Å². The number of carbonyl (C=O) groups is 1. The van der Waals surface area contributed by atoms with Gasteiger partial charge in [-0.3, -0.25) is 4.79 Å². The van der Waals surface area contributed by atoms with E-state index < -0.39 is 6.04 Å². The summed E-state index contributed by atoms with van der Waals surface area (Å²) in [4.78, 5) is 10.9. The molecule has 0 saturated carbocycles. The van der Waals surface area contributed by atoms with Crippen LogP contribution in [0.1, 0.15) is 20.8 Å². The smallest absolute Gasteiger partial charge is 0.236 e. The van der Waals surface area contributed by atoms with Crippen molar-refractivity contribution in [3.63, 3.8) is 0 Å². The van der Waals surface area contributed by atoms with Gasteiger partial charge in [0.1, 0.15) is 0 Å². The molecule has 0 aromatic carbocycles. The lowest BCUT2D eigenvalue weighted by atomic mass is 10.2. The van der Waals surface area contributed by atoms with Crippen LogP contribution in [0, 0.1) is 5.92 Å². The monoisotopic (exact) mass is 188 g/mol. The molecule has 0 heterocycles. The van der Waals surface area contributed by atoms with E-state index in [1.165, 1.54) is 0 Å². The minimum atomic E-state index is -0.440. The maximum absolute atomic E-state index is 10.9. The highest BCUT2D eigenvalue weighted by molar-refractivity contribution is 5.80. The first-order chi connectivity index (χ1) is 6.04. The standard InChI is InChI=1S/C9H20N2O2/c1-7(2)6-13-5-4-11-9(12)8(3)10/h7-8H,4-6,10H2,1-3H3,(H,11,12)/t8-/m1/s1. The molecule has 0 aliphatic carbocycles. The summed E-state index contributed by atoms with van der Waals surface area (Å²) >= 11 is 0. The van der Waals surface area contributed by atoms with E-state index in [2.05, 4.69) is 19.2 Å². The molecule has 0 aliphatic heterocycles. The second-order valence-electron chi connectivity index (χ2n) is 3.55. The van der Waals surface area contributed by atoms with E-state index >= 15 is 0 Å². The average Bonchev–Trinajstić information content (AvgIpc) is 2.02.